The third-order valence-corrected chi connectivity index (χ3v) is 3.39. The molecule has 0 saturated carbocycles. The molecule has 2 rings (SSSR count). The highest BCUT2D eigenvalue weighted by Gasteiger charge is 2.17. The van der Waals surface area contributed by atoms with Crippen LogP contribution in [-0.2, 0) is 12.5 Å². The molecule has 0 atom stereocenters. The van der Waals surface area contributed by atoms with Gasteiger partial charge >= 0.3 is 0 Å². The predicted octanol–water partition coefficient (Wildman–Crippen LogP) is 4.57. The van der Waals surface area contributed by atoms with Crippen molar-refractivity contribution in [3.63, 3.8) is 0 Å². The molecule has 0 radical (unpaired) electrons. The highest BCUT2D eigenvalue weighted by molar-refractivity contribution is 6.31. The fraction of sp³-hybridized carbons (Fsp3) is 0.143. The second-order valence-corrected chi connectivity index (χ2v) is 4.74. The molecule has 0 spiro atoms. The minimum atomic E-state index is -0.472. The number of nitro groups is 1. The molecule has 0 aliphatic rings. The van der Waals surface area contributed by atoms with Crippen LogP contribution in [0.1, 0.15) is 11.1 Å². The summed E-state index contributed by atoms with van der Waals surface area (Å²) in [5, 5.41) is 11.3. The fourth-order valence-electron chi connectivity index (χ4n) is 1.74. The van der Waals surface area contributed by atoms with Crippen LogP contribution in [0, 0.1) is 10.1 Å². The number of nitro benzene ring substituents is 1. The average Bonchev–Trinajstić information content (AvgIpc) is 2.45. The smallest absolute Gasteiger partial charge is 0.277 e. The van der Waals surface area contributed by atoms with Gasteiger partial charge < -0.3 is 4.74 Å². The number of rotatable bonds is 5. The van der Waals surface area contributed by atoms with E-state index in [1.165, 1.54) is 12.1 Å². The Kier molecular flexibility index (Phi) is 4.82. The van der Waals surface area contributed by atoms with Gasteiger partial charge in [0, 0.05) is 11.9 Å². The maximum Gasteiger partial charge on any atom is 0.277 e. The zero-order valence-electron chi connectivity index (χ0n) is 10.4. The Morgan fingerprint density at radius 2 is 1.95 bits per heavy atom. The number of hydrogen-bond donors (Lipinski definition) is 0. The van der Waals surface area contributed by atoms with Crippen LogP contribution >= 0.6 is 23.2 Å². The normalized spacial score (nSPS) is 10.3. The topological polar surface area (TPSA) is 52.4 Å². The Balaban J connectivity index is 2.20. The van der Waals surface area contributed by atoms with E-state index < -0.39 is 4.92 Å². The molecule has 0 aromatic heterocycles. The van der Waals surface area contributed by atoms with Gasteiger partial charge in [-0.1, -0.05) is 29.8 Å². The van der Waals surface area contributed by atoms with Gasteiger partial charge in [-0.3, -0.25) is 10.1 Å². The van der Waals surface area contributed by atoms with Gasteiger partial charge in [0.25, 0.3) is 5.69 Å². The Bertz CT molecular complexity index is 632. The lowest BCUT2D eigenvalue weighted by atomic mass is 10.2. The molecule has 6 heteroatoms. The van der Waals surface area contributed by atoms with E-state index in [2.05, 4.69) is 0 Å². The van der Waals surface area contributed by atoms with Crippen molar-refractivity contribution < 1.29 is 9.66 Å². The van der Waals surface area contributed by atoms with Gasteiger partial charge in [-0.2, -0.15) is 0 Å². The number of benzene rings is 2. The molecule has 0 aliphatic heterocycles. The van der Waals surface area contributed by atoms with E-state index >= 15 is 0 Å². The van der Waals surface area contributed by atoms with Crippen LogP contribution in [0.3, 0.4) is 0 Å². The van der Waals surface area contributed by atoms with Crippen molar-refractivity contribution in [1.29, 1.82) is 0 Å². The summed E-state index contributed by atoms with van der Waals surface area (Å²) in [6.07, 6.45) is 0. The standard InChI is InChI=1S/C14H11Cl2NO3/c15-8-10-3-1-4-11(7-10)20-9-12-13(16)5-2-6-14(12)17(18)19/h1-7H,8-9H2. The van der Waals surface area contributed by atoms with E-state index in [1.54, 1.807) is 18.2 Å². The summed E-state index contributed by atoms with van der Waals surface area (Å²) in [6.45, 7) is 0.0295. The zero-order chi connectivity index (χ0) is 14.5. The van der Waals surface area contributed by atoms with Crippen LogP contribution in [-0.4, -0.2) is 4.92 Å². The largest absolute Gasteiger partial charge is 0.489 e. The summed E-state index contributed by atoms with van der Waals surface area (Å²) in [6, 6.07) is 11.8. The number of ether oxygens (including phenoxy) is 1. The van der Waals surface area contributed by atoms with Crippen molar-refractivity contribution >= 4 is 28.9 Å². The maximum atomic E-state index is 11.0. The van der Waals surface area contributed by atoms with Crippen molar-refractivity contribution in [2.24, 2.45) is 0 Å². The molecule has 2 aromatic carbocycles. The first-order chi connectivity index (χ1) is 9.61. The van der Waals surface area contributed by atoms with Crippen molar-refractivity contribution in [3.05, 3.63) is 68.7 Å². The fourth-order valence-corrected chi connectivity index (χ4v) is 2.13. The molecule has 0 heterocycles. The molecule has 0 aliphatic carbocycles. The first kappa shape index (κ1) is 14.6. The summed E-state index contributed by atoms with van der Waals surface area (Å²) >= 11 is 11.7. The molecule has 104 valence electrons. The van der Waals surface area contributed by atoms with Crippen LogP contribution < -0.4 is 4.74 Å². The molecular formula is C14H11Cl2NO3. The van der Waals surface area contributed by atoms with E-state index in [0.29, 0.717) is 22.2 Å². The van der Waals surface area contributed by atoms with Crippen molar-refractivity contribution in [1.82, 2.24) is 0 Å². The van der Waals surface area contributed by atoms with Gasteiger partial charge in [0.15, 0.2) is 0 Å². The first-order valence-electron chi connectivity index (χ1n) is 5.81. The number of nitrogens with zero attached hydrogens (tertiary/aromatic N) is 1. The number of halogens is 2. The summed E-state index contributed by atoms with van der Waals surface area (Å²) in [7, 11) is 0. The predicted molar refractivity (Wildman–Crippen MR) is 78.4 cm³/mol. The summed E-state index contributed by atoms with van der Waals surface area (Å²) < 4.78 is 5.56. The van der Waals surface area contributed by atoms with E-state index in [4.69, 9.17) is 27.9 Å². The molecule has 0 bridgehead atoms. The highest BCUT2D eigenvalue weighted by atomic mass is 35.5. The van der Waals surface area contributed by atoms with Gasteiger partial charge in [0.1, 0.15) is 12.4 Å². The number of hydrogen-bond acceptors (Lipinski definition) is 3. The van der Waals surface area contributed by atoms with Crippen molar-refractivity contribution in [2.45, 2.75) is 12.5 Å². The third kappa shape index (κ3) is 3.40. The summed E-state index contributed by atoms with van der Waals surface area (Å²) in [5.41, 5.74) is 1.22. The van der Waals surface area contributed by atoms with Gasteiger partial charge in [-0.15, -0.1) is 11.6 Å². The summed E-state index contributed by atoms with van der Waals surface area (Å²) in [5.74, 6) is 0.973. The van der Waals surface area contributed by atoms with Crippen molar-refractivity contribution in [2.75, 3.05) is 0 Å². The van der Waals surface area contributed by atoms with Gasteiger partial charge in [-0.25, -0.2) is 0 Å². The van der Waals surface area contributed by atoms with E-state index in [0.717, 1.165) is 5.56 Å². The molecule has 0 unspecified atom stereocenters. The molecule has 0 N–H and O–H groups in total. The second-order valence-electron chi connectivity index (χ2n) is 4.06. The van der Waals surface area contributed by atoms with Crippen LogP contribution in [0.5, 0.6) is 5.75 Å². The number of alkyl halides is 1. The maximum absolute atomic E-state index is 11.0. The van der Waals surface area contributed by atoms with Crippen LogP contribution in [0.4, 0.5) is 5.69 Å². The average molecular weight is 312 g/mol. The Hall–Kier alpha value is -1.78. The van der Waals surface area contributed by atoms with Crippen LogP contribution in [0.25, 0.3) is 0 Å². The van der Waals surface area contributed by atoms with E-state index in [-0.39, 0.29) is 12.3 Å². The van der Waals surface area contributed by atoms with Crippen LogP contribution in [0.15, 0.2) is 42.5 Å². The van der Waals surface area contributed by atoms with E-state index in [9.17, 15) is 10.1 Å². The molecule has 0 amide bonds. The lowest BCUT2D eigenvalue weighted by Gasteiger charge is -2.09. The molecule has 4 nitrogen and oxygen atoms in total. The molecule has 20 heavy (non-hydrogen) atoms. The van der Waals surface area contributed by atoms with Crippen molar-refractivity contribution in [3.8, 4) is 5.75 Å². The molecule has 2 aromatic rings. The minimum Gasteiger partial charge on any atom is -0.489 e. The van der Waals surface area contributed by atoms with Gasteiger partial charge in [0.2, 0.25) is 0 Å². The quantitative estimate of drug-likeness (QED) is 0.462. The molecule has 0 saturated heterocycles. The first-order valence-corrected chi connectivity index (χ1v) is 6.72. The van der Waals surface area contributed by atoms with Gasteiger partial charge in [-0.05, 0) is 23.8 Å². The second kappa shape index (κ2) is 6.59. The van der Waals surface area contributed by atoms with E-state index in [1.807, 2.05) is 12.1 Å². The Morgan fingerprint density at radius 1 is 1.20 bits per heavy atom. The summed E-state index contributed by atoms with van der Waals surface area (Å²) in [4.78, 5) is 10.5. The van der Waals surface area contributed by atoms with Gasteiger partial charge in [0.05, 0.1) is 15.5 Å². The Labute approximate surface area is 126 Å². The zero-order valence-corrected chi connectivity index (χ0v) is 11.9. The SMILES string of the molecule is O=[N+]([O-])c1cccc(Cl)c1COc1cccc(CCl)c1. The Morgan fingerprint density at radius 3 is 2.65 bits per heavy atom. The third-order valence-electron chi connectivity index (χ3n) is 2.73. The lowest BCUT2D eigenvalue weighted by Crippen LogP contribution is -2.01. The molecular weight excluding hydrogens is 301 g/mol. The monoisotopic (exact) mass is 311 g/mol. The highest BCUT2D eigenvalue weighted by Crippen LogP contribution is 2.27. The molecule has 0 fully saturated rings. The van der Waals surface area contributed by atoms with Crippen LogP contribution in [0.2, 0.25) is 5.02 Å². The minimum absolute atomic E-state index is 0.0295. The lowest BCUT2D eigenvalue weighted by molar-refractivity contribution is -0.385.